The third kappa shape index (κ3) is 6.25. The number of hydrogen-bond donors (Lipinski definition) is 0. The van der Waals surface area contributed by atoms with Crippen LogP contribution in [0.5, 0.6) is 0 Å². The van der Waals surface area contributed by atoms with Gasteiger partial charge in [0.2, 0.25) is 5.91 Å². The quantitative estimate of drug-likeness (QED) is 0.386. The number of benzene rings is 1. The minimum absolute atomic E-state index is 0.0388. The Labute approximate surface area is 211 Å². The van der Waals surface area contributed by atoms with Crippen LogP contribution < -0.4 is 0 Å². The fraction of sp³-hybridized carbons (Fsp3) is 0.538. The zero-order valence-corrected chi connectivity index (χ0v) is 21.9. The number of piperazine rings is 1. The maximum atomic E-state index is 14.1. The van der Waals surface area contributed by atoms with Crippen molar-refractivity contribution in [3.8, 4) is 0 Å². The summed E-state index contributed by atoms with van der Waals surface area (Å²) in [5.74, 6) is 0.577. The maximum Gasteiger partial charge on any atom is 0.411 e. The first-order valence-corrected chi connectivity index (χ1v) is 13.2. The number of nitro groups is 1. The number of allylic oxidation sites excluding steroid dienone is 2. The Hall–Kier alpha value is -2.81. The Kier molecular flexibility index (Phi) is 8.30. The molecule has 3 unspecified atom stereocenters. The highest BCUT2D eigenvalue weighted by Crippen LogP contribution is 2.34. The van der Waals surface area contributed by atoms with Crippen molar-refractivity contribution < 1.29 is 19.2 Å². The van der Waals surface area contributed by atoms with E-state index in [-0.39, 0.29) is 24.1 Å². The van der Waals surface area contributed by atoms with Crippen LogP contribution in [0.2, 0.25) is 0 Å². The molecule has 1 saturated heterocycles. The molecule has 0 saturated carbocycles. The van der Waals surface area contributed by atoms with Gasteiger partial charge >= 0.3 is 6.09 Å². The van der Waals surface area contributed by atoms with Crippen LogP contribution in [0.4, 0.5) is 10.5 Å². The van der Waals surface area contributed by atoms with Crippen LogP contribution in [-0.2, 0) is 16.0 Å². The van der Waals surface area contributed by atoms with Gasteiger partial charge in [-0.15, -0.1) is 0 Å². The Morgan fingerprint density at radius 3 is 2.60 bits per heavy atom. The van der Waals surface area contributed by atoms with E-state index in [0.29, 0.717) is 24.9 Å². The van der Waals surface area contributed by atoms with Gasteiger partial charge in [0.25, 0.3) is 5.69 Å². The molecule has 0 bridgehead atoms. The highest BCUT2D eigenvalue weighted by molar-refractivity contribution is 7.98. The van der Waals surface area contributed by atoms with E-state index < -0.39 is 28.2 Å². The van der Waals surface area contributed by atoms with Crippen molar-refractivity contribution in [2.24, 2.45) is 0 Å². The standard InChI is InChI=1S/C26H35N3O5S/c1-25(2,3)34-24(31)28-20(13-16-35-5)18-27(26(4)14-9-6-10-15-26)23(30)22(28)17-19-11-7-8-12-21(19)29(32)33/h6-12,14,20,22H,13,15-18H2,1-5H3. The summed E-state index contributed by atoms with van der Waals surface area (Å²) in [4.78, 5) is 42.2. The summed E-state index contributed by atoms with van der Waals surface area (Å²) in [6.07, 6.45) is 10.8. The lowest BCUT2D eigenvalue weighted by Gasteiger charge is -2.51. The molecule has 0 aromatic heterocycles. The number of amides is 2. The highest BCUT2D eigenvalue weighted by atomic mass is 32.2. The average molecular weight is 502 g/mol. The Bertz CT molecular complexity index is 1020. The van der Waals surface area contributed by atoms with Gasteiger partial charge < -0.3 is 9.64 Å². The fourth-order valence-electron chi connectivity index (χ4n) is 4.65. The Morgan fingerprint density at radius 2 is 2.00 bits per heavy atom. The van der Waals surface area contributed by atoms with E-state index in [1.165, 1.54) is 6.07 Å². The van der Waals surface area contributed by atoms with Gasteiger partial charge in [-0.25, -0.2) is 4.79 Å². The van der Waals surface area contributed by atoms with Crippen molar-refractivity contribution in [1.29, 1.82) is 0 Å². The Balaban J connectivity index is 2.08. The predicted octanol–water partition coefficient (Wildman–Crippen LogP) is 4.98. The molecule has 1 aliphatic carbocycles. The normalized spacial score (nSPS) is 24.5. The van der Waals surface area contributed by atoms with Gasteiger partial charge in [-0.1, -0.05) is 42.5 Å². The average Bonchev–Trinajstić information content (AvgIpc) is 2.78. The van der Waals surface area contributed by atoms with Gasteiger partial charge in [-0.05, 0) is 52.5 Å². The molecular formula is C26H35N3O5S. The molecule has 0 radical (unpaired) electrons. The first kappa shape index (κ1) is 26.8. The highest BCUT2D eigenvalue weighted by Gasteiger charge is 2.49. The van der Waals surface area contributed by atoms with Crippen molar-refractivity contribution in [2.75, 3.05) is 18.6 Å². The number of ether oxygens (including phenoxy) is 1. The number of hydrogen-bond acceptors (Lipinski definition) is 6. The summed E-state index contributed by atoms with van der Waals surface area (Å²) >= 11 is 1.67. The van der Waals surface area contributed by atoms with Crippen molar-refractivity contribution in [2.45, 2.75) is 70.2 Å². The number of carbonyl (C=O) groups is 2. The van der Waals surface area contributed by atoms with Crippen LogP contribution in [0.3, 0.4) is 0 Å². The maximum absolute atomic E-state index is 14.1. The largest absolute Gasteiger partial charge is 0.444 e. The van der Waals surface area contributed by atoms with E-state index in [4.69, 9.17) is 4.74 Å². The minimum Gasteiger partial charge on any atom is -0.444 e. The van der Waals surface area contributed by atoms with Crippen LogP contribution in [0.25, 0.3) is 0 Å². The topological polar surface area (TPSA) is 93.0 Å². The summed E-state index contributed by atoms with van der Waals surface area (Å²) in [7, 11) is 0. The van der Waals surface area contributed by atoms with Gasteiger partial charge in [0.15, 0.2) is 0 Å². The molecular weight excluding hydrogens is 466 g/mol. The van der Waals surface area contributed by atoms with Crippen molar-refractivity contribution in [3.05, 3.63) is 64.2 Å². The van der Waals surface area contributed by atoms with Gasteiger partial charge in [0, 0.05) is 24.6 Å². The van der Waals surface area contributed by atoms with Crippen molar-refractivity contribution in [1.82, 2.24) is 9.80 Å². The smallest absolute Gasteiger partial charge is 0.411 e. The van der Waals surface area contributed by atoms with Gasteiger partial charge in [0.05, 0.1) is 16.5 Å². The molecule has 2 amide bonds. The number of carbonyl (C=O) groups excluding carboxylic acids is 2. The SMILES string of the molecule is CSCCC1CN(C2(C)C=CC=CC2)C(=O)C(Cc2ccccc2[N+](=O)[O-])N1C(=O)OC(C)(C)C. The number of rotatable bonds is 7. The van der Waals surface area contributed by atoms with E-state index in [0.717, 1.165) is 5.75 Å². The monoisotopic (exact) mass is 501 g/mol. The molecule has 2 aliphatic rings. The summed E-state index contributed by atoms with van der Waals surface area (Å²) in [6.45, 7) is 7.76. The lowest BCUT2D eigenvalue weighted by molar-refractivity contribution is -0.385. The van der Waals surface area contributed by atoms with Gasteiger partial charge in [0.1, 0.15) is 11.6 Å². The fourth-order valence-corrected chi connectivity index (χ4v) is 5.16. The molecule has 8 nitrogen and oxygen atoms in total. The van der Waals surface area contributed by atoms with E-state index in [9.17, 15) is 19.7 Å². The number of nitrogens with zero attached hydrogens (tertiary/aromatic N) is 3. The molecule has 0 N–H and O–H groups in total. The lowest BCUT2D eigenvalue weighted by Crippen LogP contribution is -2.68. The van der Waals surface area contributed by atoms with E-state index in [1.807, 2.05) is 42.4 Å². The third-order valence-electron chi connectivity index (χ3n) is 6.38. The van der Waals surface area contributed by atoms with E-state index in [1.54, 1.807) is 55.6 Å². The van der Waals surface area contributed by atoms with Crippen LogP contribution >= 0.6 is 11.8 Å². The van der Waals surface area contributed by atoms with Crippen LogP contribution in [0, 0.1) is 10.1 Å². The first-order chi connectivity index (χ1) is 16.5. The summed E-state index contributed by atoms with van der Waals surface area (Å²) in [6, 6.07) is 5.20. The number of nitro benzene ring substituents is 1. The second-order valence-electron chi connectivity index (χ2n) is 10.2. The zero-order valence-electron chi connectivity index (χ0n) is 21.1. The zero-order chi connectivity index (χ0) is 25.8. The second-order valence-corrected chi connectivity index (χ2v) is 11.2. The lowest BCUT2D eigenvalue weighted by atomic mass is 9.87. The van der Waals surface area contributed by atoms with Crippen LogP contribution in [-0.4, -0.2) is 68.5 Å². The summed E-state index contributed by atoms with van der Waals surface area (Å²) in [5.41, 5.74) is -0.925. The minimum atomic E-state index is -0.914. The third-order valence-corrected chi connectivity index (χ3v) is 7.03. The Morgan fingerprint density at radius 1 is 1.29 bits per heavy atom. The summed E-state index contributed by atoms with van der Waals surface area (Å²) < 4.78 is 5.74. The van der Waals surface area contributed by atoms with Gasteiger partial charge in [-0.2, -0.15) is 11.8 Å². The number of thioether (sulfide) groups is 1. The molecule has 35 heavy (non-hydrogen) atoms. The molecule has 1 aromatic carbocycles. The first-order valence-electron chi connectivity index (χ1n) is 11.9. The summed E-state index contributed by atoms with van der Waals surface area (Å²) in [5, 5.41) is 11.7. The molecule has 3 rings (SSSR count). The molecule has 1 fully saturated rings. The molecule has 9 heteroatoms. The van der Waals surface area contributed by atoms with E-state index in [2.05, 4.69) is 0 Å². The van der Waals surface area contributed by atoms with Crippen molar-refractivity contribution in [3.63, 3.8) is 0 Å². The van der Waals surface area contributed by atoms with Crippen LogP contribution in [0.15, 0.2) is 48.6 Å². The molecule has 1 heterocycles. The molecule has 0 spiro atoms. The molecule has 3 atom stereocenters. The van der Waals surface area contributed by atoms with Crippen LogP contribution in [0.1, 0.15) is 46.1 Å². The molecule has 1 aromatic rings. The molecule has 1 aliphatic heterocycles. The van der Waals surface area contributed by atoms with Gasteiger partial charge in [-0.3, -0.25) is 19.8 Å². The number of para-hydroxylation sites is 1. The second kappa shape index (κ2) is 10.8. The predicted molar refractivity (Wildman–Crippen MR) is 138 cm³/mol. The molecule has 190 valence electrons. The van der Waals surface area contributed by atoms with E-state index >= 15 is 0 Å². The van der Waals surface area contributed by atoms with Crippen molar-refractivity contribution >= 4 is 29.4 Å².